The molecule has 0 saturated carbocycles. The molecule has 5 heteroatoms. The smallest absolute Gasteiger partial charge is 0.175 e. The normalized spacial score (nSPS) is 11.0. The molecule has 1 N–H and O–H groups in total. The van der Waals surface area contributed by atoms with E-state index in [-0.39, 0.29) is 0 Å². The maximum absolute atomic E-state index is 4.73. The lowest BCUT2D eigenvalue weighted by molar-refractivity contribution is 0.710. The van der Waals surface area contributed by atoms with Gasteiger partial charge in [0.25, 0.3) is 0 Å². The number of rotatable bonds is 6. The van der Waals surface area contributed by atoms with Crippen molar-refractivity contribution in [2.45, 2.75) is 47.1 Å². The zero-order valence-electron chi connectivity index (χ0n) is 12.8. The molecule has 2 rings (SSSR count). The first-order valence-electron chi connectivity index (χ1n) is 7.32. The van der Waals surface area contributed by atoms with Crippen LogP contribution in [-0.4, -0.2) is 26.5 Å². The first kappa shape index (κ1) is 14.7. The molecule has 0 bridgehead atoms. The number of hydrogen-bond acceptors (Lipinski definition) is 4. The minimum Gasteiger partial charge on any atom is -0.313 e. The average Bonchev–Trinajstić information content (AvgIpc) is 2.83. The van der Waals surface area contributed by atoms with Crippen LogP contribution in [0.4, 0.5) is 0 Å². The second-order valence-electron chi connectivity index (χ2n) is 4.80. The summed E-state index contributed by atoms with van der Waals surface area (Å²) in [5.74, 6) is 0.796. The van der Waals surface area contributed by atoms with Gasteiger partial charge in [0.2, 0.25) is 0 Å². The van der Waals surface area contributed by atoms with Gasteiger partial charge in [-0.25, -0.2) is 4.68 Å². The molecule has 0 fully saturated rings. The Labute approximate surface area is 120 Å². The highest BCUT2D eigenvalue weighted by Crippen LogP contribution is 2.19. The van der Waals surface area contributed by atoms with E-state index in [9.17, 15) is 0 Å². The van der Waals surface area contributed by atoms with Crippen molar-refractivity contribution < 1.29 is 0 Å². The number of aryl methyl sites for hydroxylation is 2. The minimum absolute atomic E-state index is 0.796. The fourth-order valence-electron chi connectivity index (χ4n) is 2.33. The van der Waals surface area contributed by atoms with Gasteiger partial charge >= 0.3 is 0 Å². The van der Waals surface area contributed by atoms with Crippen LogP contribution in [0.25, 0.3) is 5.82 Å². The molecule has 2 heterocycles. The Kier molecular flexibility index (Phi) is 4.84. The Morgan fingerprint density at radius 1 is 1.10 bits per heavy atom. The van der Waals surface area contributed by atoms with Crippen LogP contribution in [0, 0.1) is 6.92 Å². The quantitative estimate of drug-likeness (QED) is 0.876. The van der Waals surface area contributed by atoms with E-state index in [1.165, 1.54) is 11.3 Å². The molecule has 0 aliphatic carbocycles. The van der Waals surface area contributed by atoms with Crippen LogP contribution in [0.2, 0.25) is 0 Å². The SMILES string of the molecule is CCNCc1c(CC)nn(-c2ccc(C)nn2)c1CC. The molecule has 0 radical (unpaired) electrons. The summed E-state index contributed by atoms with van der Waals surface area (Å²) in [6.07, 6.45) is 1.86. The van der Waals surface area contributed by atoms with Gasteiger partial charge in [-0.3, -0.25) is 0 Å². The second kappa shape index (κ2) is 6.61. The van der Waals surface area contributed by atoms with Gasteiger partial charge in [-0.05, 0) is 38.4 Å². The zero-order valence-corrected chi connectivity index (χ0v) is 12.8. The van der Waals surface area contributed by atoms with Gasteiger partial charge in [-0.15, -0.1) is 5.10 Å². The molecule has 0 atom stereocenters. The van der Waals surface area contributed by atoms with Crippen LogP contribution < -0.4 is 5.32 Å². The summed E-state index contributed by atoms with van der Waals surface area (Å²) in [5.41, 5.74) is 4.59. The largest absolute Gasteiger partial charge is 0.313 e. The van der Waals surface area contributed by atoms with E-state index < -0.39 is 0 Å². The van der Waals surface area contributed by atoms with Gasteiger partial charge in [0.1, 0.15) is 0 Å². The van der Waals surface area contributed by atoms with Crippen LogP contribution in [-0.2, 0) is 19.4 Å². The Morgan fingerprint density at radius 2 is 1.90 bits per heavy atom. The summed E-state index contributed by atoms with van der Waals surface area (Å²) >= 11 is 0. The van der Waals surface area contributed by atoms with Gasteiger partial charge in [-0.2, -0.15) is 10.2 Å². The third-order valence-corrected chi connectivity index (χ3v) is 3.40. The van der Waals surface area contributed by atoms with E-state index in [1.807, 2.05) is 23.7 Å². The number of aromatic nitrogens is 4. The molecular weight excluding hydrogens is 250 g/mol. The van der Waals surface area contributed by atoms with Crippen molar-refractivity contribution in [1.82, 2.24) is 25.3 Å². The predicted octanol–water partition coefficient (Wildman–Crippen LogP) is 2.21. The molecule has 5 nitrogen and oxygen atoms in total. The molecular formula is C15H23N5. The van der Waals surface area contributed by atoms with Crippen LogP contribution in [0.15, 0.2) is 12.1 Å². The highest BCUT2D eigenvalue weighted by atomic mass is 15.4. The maximum Gasteiger partial charge on any atom is 0.175 e. The zero-order chi connectivity index (χ0) is 14.5. The molecule has 0 saturated heterocycles. The Morgan fingerprint density at radius 3 is 2.45 bits per heavy atom. The minimum atomic E-state index is 0.796. The standard InChI is InChI=1S/C15H23N5/c1-5-13-12(10-16-7-3)14(6-2)20(19-13)15-9-8-11(4)17-18-15/h8-9,16H,5-7,10H2,1-4H3. The van der Waals surface area contributed by atoms with Crippen molar-refractivity contribution in [2.75, 3.05) is 6.54 Å². The van der Waals surface area contributed by atoms with Crippen molar-refractivity contribution >= 4 is 0 Å². The number of hydrogen-bond donors (Lipinski definition) is 1. The number of nitrogens with one attached hydrogen (secondary N) is 1. The highest BCUT2D eigenvalue weighted by molar-refractivity contribution is 5.33. The summed E-state index contributed by atoms with van der Waals surface area (Å²) in [6.45, 7) is 10.2. The molecule has 0 amide bonds. The predicted molar refractivity (Wildman–Crippen MR) is 80.0 cm³/mol. The van der Waals surface area contributed by atoms with Gasteiger partial charge in [0.05, 0.1) is 17.1 Å². The van der Waals surface area contributed by atoms with E-state index >= 15 is 0 Å². The summed E-state index contributed by atoms with van der Waals surface area (Å²) in [7, 11) is 0. The average molecular weight is 273 g/mol. The Balaban J connectivity index is 2.47. The van der Waals surface area contributed by atoms with Crippen molar-refractivity contribution in [3.8, 4) is 5.82 Å². The molecule has 0 aliphatic heterocycles. The van der Waals surface area contributed by atoms with Crippen LogP contribution in [0.3, 0.4) is 0 Å². The lowest BCUT2D eigenvalue weighted by atomic mass is 10.1. The highest BCUT2D eigenvalue weighted by Gasteiger charge is 2.16. The lowest BCUT2D eigenvalue weighted by Gasteiger charge is -2.07. The van der Waals surface area contributed by atoms with E-state index in [2.05, 4.69) is 36.3 Å². The molecule has 0 unspecified atom stereocenters. The van der Waals surface area contributed by atoms with E-state index in [0.29, 0.717) is 0 Å². The van der Waals surface area contributed by atoms with Crippen molar-refractivity contribution in [3.63, 3.8) is 0 Å². The first-order valence-corrected chi connectivity index (χ1v) is 7.32. The van der Waals surface area contributed by atoms with Crippen molar-refractivity contribution in [2.24, 2.45) is 0 Å². The van der Waals surface area contributed by atoms with Gasteiger partial charge < -0.3 is 5.32 Å². The molecule has 2 aromatic heterocycles. The number of nitrogens with zero attached hydrogens (tertiary/aromatic N) is 4. The first-order chi connectivity index (χ1) is 9.71. The van der Waals surface area contributed by atoms with E-state index in [4.69, 9.17) is 5.10 Å². The molecule has 0 aliphatic rings. The van der Waals surface area contributed by atoms with Crippen LogP contribution in [0.1, 0.15) is 43.4 Å². The topological polar surface area (TPSA) is 55.6 Å². The van der Waals surface area contributed by atoms with E-state index in [1.54, 1.807) is 0 Å². The van der Waals surface area contributed by atoms with Crippen molar-refractivity contribution in [1.29, 1.82) is 0 Å². The third kappa shape index (κ3) is 2.88. The van der Waals surface area contributed by atoms with Crippen LogP contribution >= 0.6 is 0 Å². The Hall–Kier alpha value is -1.75. The Bertz CT molecular complexity index is 556. The lowest BCUT2D eigenvalue weighted by Crippen LogP contribution is -2.14. The van der Waals surface area contributed by atoms with E-state index in [0.717, 1.165) is 43.1 Å². The summed E-state index contributed by atoms with van der Waals surface area (Å²) < 4.78 is 1.94. The van der Waals surface area contributed by atoms with Gasteiger partial charge in [0.15, 0.2) is 5.82 Å². The molecule has 108 valence electrons. The molecule has 0 spiro atoms. The summed E-state index contributed by atoms with van der Waals surface area (Å²) in [5, 5.41) is 16.5. The van der Waals surface area contributed by atoms with Crippen molar-refractivity contribution in [3.05, 3.63) is 34.8 Å². The third-order valence-electron chi connectivity index (χ3n) is 3.40. The fraction of sp³-hybridized carbons (Fsp3) is 0.533. The maximum atomic E-state index is 4.73. The van der Waals surface area contributed by atoms with Gasteiger partial charge in [-0.1, -0.05) is 20.8 Å². The molecule has 0 aromatic carbocycles. The molecule has 20 heavy (non-hydrogen) atoms. The van der Waals surface area contributed by atoms with Gasteiger partial charge in [0, 0.05) is 12.1 Å². The molecule has 2 aromatic rings. The fourth-order valence-corrected chi connectivity index (χ4v) is 2.33. The summed E-state index contributed by atoms with van der Waals surface area (Å²) in [6, 6.07) is 3.95. The monoisotopic (exact) mass is 273 g/mol. The second-order valence-corrected chi connectivity index (χ2v) is 4.80. The summed E-state index contributed by atoms with van der Waals surface area (Å²) in [4.78, 5) is 0. The van der Waals surface area contributed by atoms with Crippen LogP contribution in [0.5, 0.6) is 0 Å².